The number of carbonyl (C=O) groups is 2. The van der Waals surface area contributed by atoms with Crippen LogP contribution >= 0.6 is 0 Å². The zero-order valence-electron chi connectivity index (χ0n) is 16.1. The zero-order chi connectivity index (χ0) is 19.8. The molecule has 2 rings (SSSR count). The Kier molecular flexibility index (Phi) is 7.11. The second kappa shape index (κ2) is 9.52. The minimum atomic E-state index is -0.270. The lowest BCUT2D eigenvalue weighted by Gasteiger charge is -2.09. The largest absolute Gasteiger partial charge is 0.385 e. The van der Waals surface area contributed by atoms with E-state index in [1.165, 1.54) is 6.92 Å². The topological polar surface area (TPSA) is 79.8 Å². The molecular formula is C21H25N3O3. The molecule has 0 radical (unpaired) electrons. The van der Waals surface area contributed by atoms with Gasteiger partial charge in [-0.1, -0.05) is 43.3 Å². The number of hydrogen-bond donors (Lipinski definition) is 2. The number of nitrogens with zero attached hydrogens (tertiary/aromatic N) is 1. The summed E-state index contributed by atoms with van der Waals surface area (Å²) >= 11 is 0. The standard InChI is InChI=1S/C21H25N3O3/c1-14(2)18-6-5-7-20(12-18)23-21(26)13-27-24-15(3)17-8-10-19(11-9-17)22-16(4)25/h5-12,14H,13H2,1-4H3,(H,22,25)(H,23,26)/b24-15+. The molecule has 2 amide bonds. The quantitative estimate of drug-likeness (QED) is 0.570. The van der Waals surface area contributed by atoms with E-state index in [9.17, 15) is 9.59 Å². The van der Waals surface area contributed by atoms with Crippen LogP contribution in [0.5, 0.6) is 0 Å². The maximum Gasteiger partial charge on any atom is 0.265 e. The van der Waals surface area contributed by atoms with E-state index in [1.54, 1.807) is 19.1 Å². The van der Waals surface area contributed by atoms with Gasteiger partial charge in [0, 0.05) is 18.3 Å². The third kappa shape index (κ3) is 6.58. The average molecular weight is 367 g/mol. The molecule has 0 aliphatic rings. The average Bonchev–Trinajstić information content (AvgIpc) is 2.62. The Hall–Kier alpha value is -3.15. The summed E-state index contributed by atoms with van der Waals surface area (Å²) in [5.41, 5.74) is 4.09. The predicted octanol–water partition coefficient (Wildman–Crippen LogP) is 4.15. The van der Waals surface area contributed by atoms with E-state index in [0.29, 0.717) is 17.3 Å². The number of nitrogens with one attached hydrogen (secondary N) is 2. The summed E-state index contributed by atoms with van der Waals surface area (Å²) in [5.74, 6) is -0.00253. The molecule has 6 nitrogen and oxygen atoms in total. The molecule has 27 heavy (non-hydrogen) atoms. The van der Waals surface area contributed by atoms with Crippen molar-refractivity contribution in [2.45, 2.75) is 33.6 Å². The van der Waals surface area contributed by atoms with Crippen molar-refractivity contribution in [3.8, 4) is 0 Å². The van der Waals surface area contributed by atoms with Crippen LogP contribution in [0.2, 0.25) is 0 Å². The van der Waals surface area contributed by atoms with Crippen LogP contribution in [0.3, 0.4) is 0 Å². The van der Waals surface area contributed by atoms with Gasteiger partial charge in [-0.25, -0.2) is 0 Å². The molecule has 0 aliphatic carbocycles. The molecule has 2 aromatic rings. The highest BCUT2D eigenvalue weighted by atomic mass is 16.6. The first-order valence-electron chi connectivity index (χ1n) is 8.79. The van der Waals surface area contributed by atoms with Crippen LogP contribution in [0.4, 0.5) is 11.4 Å². The highest BCUT2D eigenvalue weighted by molar-refractivity contribution is 5.99. The number of rotatable bonds is 7. The minimum Gasteiger partial charge on any atom is -0.385 e. The Balaban J connectivity index is 1.87. The Bertz CT molecular complexity index is 827. The van der Waals surface area contributed by atoms with E-state index in [4.69, 9.17) is 4.84 Å². The number of amides is 2. The molecule has 0 unspecified atom stereocenters. The first-order chi connectivity index (χ1) is 12.8. The van der Waals surface area contributed by atoms with Gasteiger partial charge in [0.1, 0.15) is 0 Å². The molecule has 142 valence electrons. The molecule has 0 spiro atoms. The van der Waals surface area contributed by atoms with Gasteiger partial charge in [0.15, 0.2) is 6.61 Å². The molecule has 0 fully saturated rings. The van der Waals surface area contributed by atoms with Crippen LogP contribution in [-0.4, -0.2) is 24.1 Å². The van der Waals surface area contributed by atoms with E-state index in [-0.39, 0.29) is 18.4 Å². The van der Waals surface area contributed by atoms with Crippen molar-refractivity contribution >= 4 is 28.9 Å². The van der Waals surface area contributed by atoms with Crippen LogP contribution in [0.25, 0.3) is 0 Å². The second-order valence-electron chi connectivity index (χ2n) is 6.54. The summed E-state index contributed by atoms with van der Waals surface area (Å²) in [6.45, 7) is 7.28. The normalized spacial score (nSPS) is 11.2. The lowest BCUT2D eigenvalue weighted by atomic mass is 10.0. The Labute approximate surface area is 159 Å². The number of carbonyl (C=O) groups excluding carboxylic acids is 2. The first-order valence-corrected chi connectivity index (χ1v) is 8.79. The minimum absolute atomic E-state index is 0.124. The van der Waals surface area contributed by atoms with Crippen molar-refractivity contribution in [1.82, 2.24) is 0 Å². The van der Waals surface area contributed by atoms with Gasteiger partial charge in [-0.15, -0.1) is 0 Å². The molecule has 0 atom stereocenters. The van der Waals surface area contributed by atoms with Gasteiger partial charge in [0.25, 0.3) is 5.91 Å². The number of hydrogen-bond acceptors (Lipinski definition) is 4. The molecule has 2 N–H and O–H groups in total. The van der Waals surface area contributed by atoms with Crippen molar-refractivity contribution in [2.24, 2.45) is 5.16 Å². The fourth-order valence-electron chi connectivity index (χ4n) is 2.41. The van der Waals surface area contributed by atoms with Gasteiger partial charge in [-0.2, -0.15) is 0 Å². The highest BCUT2D eigenvalue weighted by Gasteiger charge is 2.06. The maximum absolute atomic E-state index is 12.0. The summed E-state index contributed by atoms with van der Waals surface area (Å²) in [4.78, 5) is 28.2. The van der Waals surface area contributed by atoms with Gasteiger partial charge in [-0.3, -0.25) is 9.59 Å². The highest BCUT2D eigenvalue weighted by Crippen LogP contribution is 2.18. The SMILES string of the molecule is CC(=O)Nc1ccc(/C(C)=N/OCC(=O)Nc2cccc(C(C)C)c2)cc1. The van der Waals surface area contributed by atoms with E-state index < -0.39 is 0 Å². The summed E-state index contributed by atoms with van der Waals surface area (Å²) in [6, 6.07) is 15.0. The van der Waals surface area contributed by atoms with E-state index in [1.807, 2.05) is 36.4 Å². The molecule has 6 heteroatoms. The number of oxime groups is 1. The van der Waals surface area contributed by atoms with Crippen LogP contribution < -0.4 is 10.6 Å². The van der Waals surface area contributed by atoms with Gasteiger partial charge in [0.05, 0.1) is 5.71 Å². The first kappa shape index (κ1) is 20.2. The predicted molar refractivity (Wildman–Crippen MR) is 108 cm³/mol. The van der Waals surface area contributed by atoms with E-state index in [2.05, 4.69) is 29.6 Å². The molecule has 2 aromatic carbocycles. The number of anilines is 2. The molecule has 0 aromatic heterocycles. The lowest BCUT2D eigenvalue weighted by Crippen LogP contribution is -2.17. The summed E-state index contributed by atoms with van der Waals surface area (Å²) < 4.78 is 0. The molecule has 0 heterocycles. The monoisotopic (exact) mass is 367 g/mol. The smallest absolute Gasteiger partial charge is 0.265 e. The van der Waals surface area contributed by atoms with E-state index >= 15 is 0 Å². The molecule has 0 saturated carbocycles. The van der Waals surface area contributed by atoms with Gasteiger partial charge < -0.3 is 15.5 Å². The van der Waals surface area contributed by atoms with Crippen LogP contribution in [0.15, 0.2) is 53.7 Å². The number of benzene rings is 2. The summed E-state index contributed by atoms with van der Waals surface area (Å²) in [5, 5.41) is 9.48. The second-order valence-corrected chi connectivity index (χ2v) is 6.54. The Morgan fingerprint density at radius 1 is 1.00 bits per heavy atom. The third-order valence-electron chi connectivity index (χ3n) is 3.86. The Morgan fingerprint density at radius 2 is 1.70 bits per heavy atom. The fourth-order valence-corrected chi connectivity index (χ4v) is 2.41. The summed E-state index contributed by atoms with van der Waals surface area (Å²) in [6.07, 6.45) is 0. The van der Waals surface area contributed by atoms with Crippen LogP contribution in [0.1, 0.15) is 44.7 Å². The Morgan fingerprint density at radius 3 is 2.33 bits per heavy atom. The fraction of sp³-hybridized carbons (Fsp3) is 0.286. The lowest BCUT2D eigenvalue weighted by molar-refractivity contribution is -0.120. The van der Waals surface area contributed by atoms with E-state index in [0.717, 1.165) is 16.8 Å². The van der Waals surface area contributed by atoms with Gasteiger partial charge in [-0.05, 0) is 48.2 Å². The maximum atomic E-state index is 12.0. The molecule has 0 bridgehead atoms. The van der Waals surface area contributed by atoms with Gasteiger partial charge >= 0.3 is 0 Å². The van der Waals surface area contributed by atoms with Crippen LogP contribution in [-0.2, 0) is 14.4 Å². The van der Waals surface area contributed by atoms with Crippen LogP contribution in [0, 0.1) is 0 Å². The molecule has 0 aliphatic heterocycles. The third-order valence-corrected chi connectivity index (χ3v) is 3.86. The van der Waals surface area contributed by atoms with Crippen molar-refractivity contribution < 1.29 is 14.4 Å². The van der Waals surface area contributed by atoms with Crippen molar-refractivity contribution in [2.75, 3.05) is 17.2 Å². The van der Waals surface area contributed by atoms with Gasteiger partial charge in [0.2, 0.25) is 5.91 Å². The molecular weight excluding hydrogens is 342 g/mol. The zero-order valence-corrected chi connectivity index (χ0v) is 16.1. The van der Waals surface area contributed by atoms with Crippen molar-refractivity contribution in [1.29, 1.82) is 0 Å². The molecule has 0 saturated heterocycles. The summed E-state index contributed by atoms with van der Waals surface area (Å²) in [7, 11) is 0. The van der Waals surface area contributed by atoms with Crippen molar-refractivity contribution in [3.63, 3.8) is 0 Å². The van der Waals surface area contributed by atoms with Crippen molar-refractivity contribution in [3.05, 3.63) is 59.7 Å².